The second-order valence-electron chi connectivity index (χ2n) is 7.20. The first-order valence-corrected chi connectivity index (χ1v) is 8.93. The van der Waals surface area contributed by atoms with Crippen LogP contribution in [-0.4, -0.2) is 29.5 Å². The highest BCUT2D eigenvalue weighted by Crippen LogP contribution is 2.12. The molecular weight excluding hydrogens is 288 g/mol. The van der Waals surface area contributed by atoms with Gasteiger partial charge in [0.2, 0.25) is 0 Å². The molecule has 0 spiro atoms. The summed E-state index contributed by atoms with van der Waals surface area (Å²) < 4.78 is 5.37. The molecular formula is C19H36N2O2. The van der Waals surface area contributed by atoms with Gasteiger partial charge in [-0.05, 0) is 40.5 Å². The summed E-state index contributed by atoms with van der Waals surface area (Å²) in [5, 5.41) is 5.62. The van der Waals surface area contributed by atoms with Crippen LogP contribution in [0.2, 0.25) is 0 Å². The number of carbonyl (C=O) groups is 1. The number of rotatable bonds is 11. The van der Waals surface area contributed by atoms with E-state index >= 15 is 0 Å². The lowest BCUT2D eigenvalue weighted by Crippen LogP contribution is -2.34. The Morgan fingerprint density at radius 2 is 1.70 bits per heavy atom. The number of hydrazone groups is 1. The predicted molar refractivity (Wildman–Crippen MR) is 98.9 cm³/mol. The molecule has 0 aliphatic rings. The van der Waals surface area contributed by atoms with Gasteiger partial charge in [0.1, 0.15) is 5.60 Å². The van der Waals surface area contributed by atoms with Crippen LogP contribution in [0.1, 0.15) is 86.0 Å². The molecule has 4 nitrogen and oxygen atoms in total. The van der Waals surface area contributed by atoms with Crippen molar-refractivity contribution in [1.82, 2.24) is 5.01 Å². The number of ether oxygens (including phenoxy) is 1. The maximum atomic E-state index is 12.1. The Bertz CT molecular complexity index is 370. The van der Waals surface area contributed by atoms with E-state index in [4.69, 9.17) is 4.74 Å². The van der Waals surface area contributed by atoms with E-state index in [9.17, 15) is 4.79 Å². The fraction of sp³-hybridized carbons (Fsp3) is 0.789. The minimum absolute atomic E-state index is 0.391. The highest BCUT2D eigenvalue weighted by Gasteiger charge is 2.21. The first-order valence-electron chi connectivity index (χ1n) is 8.93. The second-order valence-corrected chi connectivity index (χ2v) is 7.20. The Labute approximate surface area is 143 Å². The Balaban J connectivity index is 4.13. The highest BCUT2D eigenvalue weighted by atomic mass is 16.6. The lowest BCUT2D eigenvalue weighted by atomic mass is 10.1. The monoisotopic (exact) mass is 324 g/mol. The van der Waals surface area contributed by atoms with Gasteiger partial charge in [0, 0.05) is 6.21 Å². The Hall–Kier alpha value is -1.32. The summed E-state index contributed by atoms with van der Waals surface area (Å²) in [6, 6.07) is 0. The molecule has 4 heteroatoms. The van der Waals surface area contributed by atoms with Crippen molar-refractivity contribution < 1.29 is 9.53 Å². The Morgan fingerprint density at radius 3 is 2.22 bits per heavy atom. The molecule has 0 heterocycles. The molecule has 0 aromatic heterocycles. The third-order valence-corrected chi connectivity index (χ3v) is 3.18. The molecule has 0 aromatic carbocycles. The van der Waals surface area contributed by atoms with Gasteiger partial charge in [0.15, 0.2) is 0 Å². The van der Waals surface area contributed by atoms with Crippen molar-refractivity contribution in [2.75, 3.05) is 6.54 Å². The van der Waals surface area contributed by atoms with Gasteiger partial charge in [0.05, 0.1) is 6.54 Å². The van der Waals surface area contributed by atoms with Crippen molar-refractivity contribution in [3.05, 3.63) is 12.2 Å². The SMILES string of the molecule is C=C(C)CN(/N=C/CCCCCCCCC)C(=O)OC(C)(C)C. The summed E-state index contributed by atoms with van der Waals surface area (Å²) in [7, 11) is 0. The van der Waals surface area contributed by atoms with Gasteiger partial charge in [-0.25, -0.2) is 4.79 Å². The average molecular weight is 325 g/mol. The summed E-state index contributed by atoms with van der Waals surface area (Å²) in [5.74, 6) is 0. The first-order chi connectivity index (χ1) is 10.8. The molecule has 0 saturated carbocycles. The fourth-order valence-corrected chi connectivity index (χ4v) is 2.07. The molecule has 1 amide bonds. The van der Waals surface area contributed by atoms with E-state index in [1.165, 1.54) is 43.5 Å². The molecule has 0 fully saturated rings. The molecule has 0 unspecified atom stereocenters. The van der Waals surface area contributed by atoms with Gasteiger partial charge in [-0.1, -0.05) is 57.6 Å². The van der Waals surface area contributed by atoms with Crippen LogP contribution in [0.3, 0.4) is 0 Å². The summed E-state index contributed by atoms with van der Waals surface area (Å²) in [5.41, 5.74) is 0.363. The van der Waals surface area contributed by atoms with Gasteiger partial charge in [-0.15, -0.1) is 0 Å². The number of nitrogens with zero attached hydrogens (tertiary/aromatic N) is 2. The minimum Gasteiger partial charge on any atom is -0.442 e. The van der Waals surface area contributed by atoms with Gasteiger partial charge in [-0.2, -0.15) is 10.1 Å². The van der Waals surface area contributed by atoms with Crippen molar-refractivity contribution in [1.29, 1.82) is 0 Å². The van der Waals surface area contributed by atoms with E-state index in [1.54, 1.807) is 0 Å². The van der Waals surface area contributed by atoms with Crippen LogP contribution < -0.4 is 0 Å². The third kappa shape index (κ3) is 14.0. The first kappa shape index (κ1) is 21.7. The predicted octanol–water partition coefficient (Wildman–Crippen LogP) is 5.93. The van der Waals surface area contributed by atoms with Crippen LogP contribution in [0.15, 0.2) is 17.3 Å². The maximum absolute atomic E-state index is 12.1. The van der Waals surface area contributed by atoms with E-state index in [-0.39, 0.29) is 0 Å². The van der Waals surface area contributed by atoms with Crippen LogP contribution in [0.25, 0.3) is 0 Å². The van der Waals surface area contributed by atoms with E-state index in [0.717, 1.165) is 18.4 Å². The molecule has 0 saturated heterocycles. The molecule has 0 radical (unpaired) electrons. The molecule has 23 heavy (non-hydrogen) atoms. The van der Waals surface area contributed by atoms with Crippen molar-refractivity contribution >= 4 is 12.3 Å². The van der Waals surface area contributed by atoms with Crippen molar-refractivity contribution in [2.24, 2.45) is 5.10 Å². The second kappa shape index (κ2) is 12.1. The Morgan fingerprint density at radius 1 is 1.13 bits per heavy atom. The lowest BCUT2D eigenvalue weighted by Gasteiger charge is -2.24. The molecule has 0 atom stereocenters. The van der Waals surface area contributed by atoms with Crippen LogP contribution in [0, 0.1) is 0 Å². The lowest BCUT2D eigenvalue weighted by molar-refractivity contribution is 0.0272. The number of amides is 1. The van der Waals surface area contributed by atoms with Crippen molar-refractivity contribution in [2.45, 2.75) is 91.6 Å². The summed E-state index contributed by atoms with van der Waals surface area (Å²) in [6.45, 7) is 13.9. The highest BCUT2D eigenvalue weighted by molar-refractivity contribution is 5.70. The zero-order chi connectivity index (χ0) is 17.7. The molecule has 0 rings (SSSR count). The Kier molecular flexibility index (Phi) is 11.4. The minimum atomic E-state index is -0.515. The fourth-order valence-electron chi connectivity index (χ4n) is 2.07. The molecule has 0 N–H and O–H groups in total. The van der Waals surface area contributed by atoms with Crippen molar-refractivity contribution in [3.63, 3.8) is 0 Å². The van der Waals surface area contributed by atoms with E-state index in [2.05, 4.69) is 18.6 Å². The summed E-state index contributed by atoms with van der Waals surface area (Å²) in [6.07, 6.45) is 11.2. The van der Waals surface area contributed by atoms with Gasteiger partial charge >= 0.3 is 6.09 Å². The zero-order valence-electron chi connectivity index (χ0n) is 15.9. The topological polar surface area (TPSA) is 41.9 Å². The molecule has 0 aliphatic carbocycles. The number of hydrogen-bond acceptors (Lipinski definition) is 3. The standard InChI is InChI=1S/C19H36N2O2/c1-7-8-9-10-11-12-13-14-15-20-21(16-17(2)3)18(22)23-19(4,5)6/h15H,2,7-14,16H2,1,3-6H3/b20-15+. The zero-order valence-corrected chi connectivity index (χ0v) is 15.9. The quantitative estimate of drug-likeness (QED) is 0.205. The molecule has 134 valence electrons. The van der Waals surface area contributed by atoms with Gasteiger partial charge in [-0.3, -0.25) is 0 Å². The van der Waals surface area contributed by atoms with E-state index < -0.39 is 11.7 Å². The summed E-state index contributed by atoms with van der Waals surface area (Å²) in [4.78, 5) is 12.1. The molecule has 0 aliphatic heterocycles. The smallest absolute Gasteiger partial charge is 0.431 e. The molecule has 0 aromatic rings. The normalized spacial score (nSPS) is 11.7. The van der Waals surface area contributed by atoms with E-state index in [0.29, 0.717) is 6.54 Å². The van der Waals surface area contributed by atoms with Crippen LogP contribution in [-0.2, 0) is 4.74 Å². The number of carbonyl (C=O) groups excluding carboxylic acids is 1. The third-order valence-electron chi connectivity index (χ3n) is 3.18. The van der Waals surface area contributed by atoms with Crippen molar-refractivity contribution in [3.8, 4) is 0 Å². The van der Waals surface area contributed by atoms with Crippen LogP contribution >= 0.6 is 0 Å². The number of hydrogen-bond donors (Lipinski definition) is 0. The van der Waals surface area contributed by atoms with Crippen LogP contribution in [0.5, 0.6) is 0 Å². The van der Waals surface area contributed by atoms with Gasteiger partial charge < -0.3 is 4.74 Å². The van der Waals surface area contributed by atoms with Crippen LogP contribution in [0.4, 0.5) is 4.79 Å². The van der Waals surface area contributed by atoms with Gasteiger partial charge in [0.25, 0.3) is 0 Å². The van der Waals surface area contributed by atoms with E-state index in [1.807, 2.05) is 33.9 Å². The maximum Gasteiger partial charge on any atom is 0.431 e. The summed E-state index contributed by atoms with van der Waals surface area (Å²) >= 11 is 0. The number of unbranched alkanes of at least 4 members (excludes halogenated alkanes) is 7. The largest absolute Gasteiger partial charge is 0.442 e. The average Bonchev–Trinajstić information content (AvgIpc) is 2.42. The molecule has 0 bridgehead atoms.